The quantitative estimate of drug-likeness (QED) is 0.798. The van der Waals surface area contributed by atoms with Gasteiger partial charge in [-0.1, -0.05) is 31.2 Å². The van der Waals surface area contributed by atoms with Crippen molar-refractivity contribution in [1.29, 1.82) is 0 Å². The molecule has 0 saturated heterocycles. The Kier molecular flexibility index (Phi) is 7.23. The number of nitrogens with zero attached hydrogens (tertiary/aromatic N) is 1. The summed E-state index contributed by atoms with van der Waals surface area (Å²) in [6, 6.07) is 6.75. The molecule has 0 aliphatic carbocycles. The van der Waals surface area contributed by atoms with Crippen molar-refractivity contribution in [2.24, 2.45) is 0 Å². The van der Waals surface area contributed by atoms with Gasteiger partial charge in [-0.2, -0.15) is 13.2 Å². The predicted molar refractivity (Wildman–Crippen MR) is 86.5 cm³/mol. The van der Waals surface area contributed by atoms with Crippen LogP contribution in [0.5, 0.6) is 0 Å². The summed E-state index contributed by atoms with van der Waals surface area (Å²) in [6.07, 6.45) is -6.25. The molecule has 136 valence electrons. The second-order valence-corrected chi connectivity index (χ2v) is 6.00. The second-order valence-electron chi connectivity index (χ2n) is 6.00. The molecule has 1 aromatic rings. The van der Waals surface area contributed by atoms with Crippen molar-refractivity contribution in [3.8, 4) is 0 Å². The van der Waals surface area contributed by atoms with E-state index in [0.717, 1.165) is 12.0 Å². The van der Waals surface area contributed by atoms with E-state index in [4.69, 9.17) is 5.11 Å². The van der Waals surface area contributed by atoms with E-state index in [0.29, 0.717) is 0 Å². The van der Waals surface area contributed by atoms with E-state index in [1.54, 1.807) is 0 Å². The number of aryl methyl sites for hydroxylation is 1. The van der Waals surface area contributed by atoms with Gasteiger partial charge in [0.2, 0.25) is 5.91 Å². The molecule has 0 bridgehead atoms. The summed E-state index contributed by atoms with van der Waals surface area (Å²) in [6.45, 7) is 4.71. The summed E-state index contributed by atoms with van der Waals surface area (Å²) >= 11 is 0. The number of carbonyl (C=O) groups is 1. The van der Waals surface area contributed by atoms with Gasteiger partial charge < -0.3 is 10.4 Å². The van der Waals surface area contributed by atoms with E-state index in [1.165, 1.54) is 24.4 Å². The Morgan fingerprint density at radius 1 is 1.25 bits per heavy atom. The molecule has 0 fully saturated rings. The topological polar surface area (TPSA) is 52.6 Å². The number of carbonyl (C=O) groups excluding carboxylic acids is 1. The minimum atomic E-state index is -4.70. The van der Waals surface area contributed by atoms with Crippen molar-refractivity contribution in [1.82, 2.24) is 10.2 Å². The van der Waals surface area contributed by atoms with Crippen molar-refractivity contribution < 1.29 is 23.1 Å². The number of likely N-dealkylation sites (N-methyl/N-ethyl adjacent to an activating group) is 1. The summed E-state index contributed by atoms with van der Waals surface area (Å²) < 4.78 is 37.2. The van der Waals surface area contributed by atoms with Gasteiger partial charge in [0.25, 0.3) is 0 Å². The summed E-state index contributed by atoms with van der Waals surface area (Å²) in [5.41, 5.74) is 2.11. The van der Waals surface area contributed by atoms with Crippen LogP contribution < -0.4 is 5.32 Å². The van der Waals surface area contributed by atoms with Gasteiger partial charge in [-0.05, 0) is 38.4 Å². The number of aliphatic hydroxyl groups is 1. The molecule has 0 saturated carbocycles. The number of benzene rings is 1. The summed E-state index contributed by atoms with van der Waals surface area (Å²) in [5, 5.41) is 11.9. The fraction of sp³-hybridized carbons (Fsp3) is 0.588. The molecular weight excluding hydrogens is 321 g/mol. The lowest BCUT2D eigenvalue weighted by atomic mass is 10.0. The molecule has 0 aromatic heterocycles. The molecule has 0 aliphatic heterocycles. The van der Waals surface area contributed by atoms with Crippen LogP contribution in [-0.2, 0) is 11.2 Å². The number of aliphatic hydroxyl groups excluding tert-OH is 1. The fourth-order valence-corrected chi connectivity index (χ4v) is 2.19. The number of amides is 1. The third-order valence-electron chi connectivity index (χ3n) is 4.13. The lowest BCUT2D eigenvalue weighted by Gasteiger charge is -2.28. The van der Waals surface area contributed by atoms with E-state index in [9.17, 15) is 18.0 Å². The normalized spacial score (nSPS) is 15.9. The van der Waals surface area contributed by atoms with Crippen LogP contribution in [0.25, 0.3) is 0 Å². The monoisotopic (exact) mass is 346 g/mol. The number of nitrogens with one attached hydrogen (secondary N) is 1. The molecule has 1 rings (SSSR count). The second kappa shape index (κ2) is 8.48. The highest BCUT2D eigenvalue weighted by atomic mass is 19.4. The zero-order valence-electron chi connectivity index (χ0n) is 14.4. The summed E-state index contributed by atoms with van der Waals surface area (Å²) in [4.78, 5) is 13.4. The number of alkyl halides is 3. The van der Waals surface area contributed by atoms with Gasteiger partial charge in [0, 0.05) is 6.54 Å². The Bertz CT molecular complexity index is 532. The molecule has 2 N–H and O–H groups in total. The first-order chi connectivity index (χ1) is 11.1. The third-order valence-corrected chi connectivity index (χ3v) is 4.13. The van der Waals surface area contributed by atoms with E-state index in [2.05, 4.69) is 5.32 Å². The highest BCUT2D eigenvalue weighted by Crippen LogP contribution is 2.21. The van der Waals surface area contributed by atoms with E-state index < -0.39 is 24.9 Å². The molecular formula is C17H25F3N2O2. The first kappa shape index (κ1) is 20.4. The average Bonchev–Trinajstić information content (AvgIpc) is 2.52. The SMILES string of the molecule is CCc1ccc(C(C)NC(=O)C(C)N(C)CC(O)C(F)(F)F)cc1. The molecule has 0 radical (unpaired) electrons. The molecule has 3 atom stereocenters. The van der Waals surface area contributed by atoms with Crippen LogP contribution in [-0.4, -0.2) is 47.8 Å². The standard InChI is InChI=1S/C17H25F3N2O2/c1-5-13-6-8-14(9-7-13)11(2)21-16(24)12(3)22(4)10-15(23)17(18,19)20/h6-9,11-12,15,23H,5,10H2,1-4H3,(H,21,24). The average molecular weight is 346 g/mol. The van der Waals surface area contributed by atoms with Gasteiger partial charge in [-0.25, -0.2) is 0 Å². The lowest BCUT2D eigenvalue weighted by Crippen LogP contribution is -2.48. The smallest absolute Gasteiger partial charge is 0.382 e. The Hall–Kier alpha value is -1.60. The van der Waals surface area contributed by atoms with E-state index >= 15 is 0 Å². The van der Waals surface area contributed by atoms with Crippen LogP contribution in [0.2, 0.25) is 0 Å². The third kappa shape index (κ3) is 5.79. The maximum absolute atomic E-state index is 12.4. The van der Waals surface area contributed by atoms with Crippen molar-refractivity contribution in [3.05, 3.63) is 35.4 Å². The minimum Gasteiger partial charge on any atom is -0.382 e. The van der Waals surface area contributed by atoms with Crippen LogP contribution in [0.1, 0.15) is 37.9 Å². The van der Waals surface area contributed by atoms with Crippen molar-refractivity contribution >= 4 is 5.91 Å². The predicted octanol–water partition coefficient (Wildman–Crippen LogP) is 2.67. The largest absolute Gasteiger partial charge is 0.415 e. The molecule has 0 aliphatic rings. The zero-order chi connectivity index (χ0) is 18.5. The molecule has 7 heteroatoms. The van der Waals surface area contributed by atoms with Crippen LogP contribution in [0, 0.1) is 0 Å². The van der Waals surface area contributed by atoms with Gasteiger partial charge in [-0.3, -0.25) is 9.69 Å². The van der Waals surface area contributed by atoms with Crippen molar-refractivity contribution in [3.63, 3.8) is 0 Å². The van der Waals surface area contributed by atoms with Gasteiger partial charge in [0.15, 0.2) is 6.10 Å². The molecule has 24 heavy (non-hydrogen) atoms. The molecule has 4 nitrogen and oxygen atoms in total. The minimum absolute atomic E-state index is 0.258. The number of halogens is 3. The zero-order valence-corrected chi connectivity index (χ0v) is 14.4. The van der Waals surface area contributed by atoms with Gasteiger partial charge >= 0.3 is 6.18 Å². The first-order valence-corrected chi connectivity index (χ1v) is 7.90. The van der Waals surface area contributed by atoms with Crippen LogP contribution in [0.4, 0.5) is 13.2 Å². The van der Waals surface area contributed by atoms with Crippen LogP contribution >= 0.6 is 0 Å². The Morgan fingerprint density at radius 2 is 1.79 bits per heavy atom. The first-order valence-electron chi connectivity index (χ1n) is 7.90. The van der Waals surface area contributed by atoms with E-state index in [-0.39, 0.29) is 11.9 Å². The number of hydrogen-bond donors (Lipinski definition) is 2. The van der Waals surface area contributed by atoms with Gasteiger partial charge in [0.1, 0.15) is 0 Å². The Labute approximate surface area is 140 Å². The van der Waals surface area contributed by atoms with Crippen molar-refractivity contribution in [2.75, 3.05) is 13.6 Å². The van der Waals surface area contributed by atoms with E-state index in [1.807, 2.05) is 38.1 Å². The fourth-order valence-electron chi connectivity index (χ4n) is 2.19. The maximum atomic E-state index is 12.4. The summed E-state index contributed by atoms with van der Waals surface area (Å²) in [7, 11) is 1.37. The van der Waals surface area contributed by atoms with Gasteiger partial charge in [-0.15, -0.1) is 0 Å². The van der Waals surface area contributed by atoms with Crippen LogP contribution in [0.15, 0.2) is 24.3 Å². The van der Waals surface area contributed by atoms with Crippen molar-refractivity contribution in [2.45, 2.75) is 51.6 Å². The molecule has 0 spiro atoms. The molecule has 3 unspecified atom stereocenters. The highest BCUT2D eigenvalue weighted by molar-refractivity contribution is 5.81. The Balaban J connectivity index is 2.61. The lowest BCUT2D eigenvalue weighted by molar-refractivity contribution is -0.208. The highest BCUT2D eigenvalue weighted by Gasteiger charge is 2.39. The number of rotatable bonds is 7. The number of hydrogen-bond acceptors (Lipinski definition) is 3. The molecule has 0 heterocycles. The summed E-state index contributed by atoms with van der Waals surface area (Å²) in [5.74, 6) is -0.390. The van der Waals surface area contributed by atoms with Crippen LogP contribution in [0.3, 0.4) is 0 Å². The maximum Gasteiger partial charge on any atom is 0.415 e. The molecule has 1 amide bonds. The van der Waals surface area contributed by atoms with Gasteiger partial charge in [0.05, 0.1) is 12.1 Å². The Morgan fingerprint density at radius 3 is 2.25 bits per heavy atom. The molecule has 1 aromatic carbocycles.